The number of aryl methyl sites for hydroxylation is 4. The summed E-state index contributed by atoms with van der Waals surface area (Å²) in [6, 6.07) is 22.2. The van der Waals surface area contributed by atoms with Gasteiger partial charge in [0.2, 0.25) is 17.5 Å². The Kier molecular flexibility index (Phi) is 15.8. The van der Waals surface area contributed by atoms with Crippen molar-refractivity contribution in [1.29, 1.82) is 0 Å². The van der Waals surface area contributed by atoms with E-state index in [-0.39, 0.29) is 17.5 Å². The molecule has 6 N–H and O–H groups in total. The third-order valence-corrected chi connectivity index (χ3v) is 10.7. The van der Waals surface area contributed by atoms with Gasteiger partial charge in [0.15, 0.2) is 0 Å². The minimum Gasteiger partial charge on any atom is -0.363 e. The number of hydrogen-bond acceptors (Lipinski definition) is 12. The number of nitrogens with two attached hydrogens (primary N) is 3. The Bertz CT molecular complexity index is 3520. The number of carbonyl (C=O) groups excluding carboxylic acids is 3. The highest BCUT2D eigenvalue weighted by molar-refractivity contribution is 5.91. The van der Waals surface area contributed by atoms with Crippen molar-refractivity contribution in [3.8, 4) is 52.6 Å². The molecule has 0 fully saturated rings. The van der Waals surface area contributed by atoms with Gasteiger partial charge in [-0.05, 0) is 139 Å². The largest absolute Gasteiger partial charge is 0.363 e. The van der Waals surface area contributed by atoms with Gasteiger partial charge >= 0.3 is 0 Å². The van der Waals surface area contributed by atoms with E-state index >= 15 is 0 Å². The number of nitrogens with zero attached hydrogens (tertiary/aromatic N) is 12. The van der Waals surface area contributed by atoms with Crippen LogP contribution in [0.1, 0.15) is 105 Å². The van der Waals surface area contributed by atoms with E-state index in [0.717, 1.165) is 67.9 Å². The van der Waals surface area contributed by atoms with E-state index in [0.29, 0.717) is 22.8 Å². The molecular formula is C55H47N15O3. The third kappa shape index (κ3) is 12.5. The summed E-state index contributed by atoms with van der Waals surface area (Å²) in [6.07, 6.45) is 13.4. The van der Waals surface area contributed by atoms with E-state index in [9.17, 15) is 14.4 Å². The Balaban J connectivity index is 0.000000160. The van der Waals surface area contributed by atoms with E-state index in [1.807, 2.05) is 109 Å². The van der Waals surface area contributed by atoms with Crippen LogP contribution in [0.4, 0.5) is 0 Å². The number of carbonyl (C=O) groups is 3. The predicted octanol–water partition coefficient (Wildman–Crippen LogP) is 5.64. The second-order valence-corrected chi connectivity index (χ2v) is 16.1. The number of hydrogen-bond donors (Lipinski definition) is 3. The van der Waals surface area contributed by atoms with Crippen molar-refractivity contribution in [2.45, 2.75) is 48.5 Å². The first-order valence-electron chi connectivity index (χ1n) is 22.3. The molecule has 0 aromatic carbocycles. The Morgan fingerprint density at radius 3 is 1.15 bits per heavy atom. The van der Waals surface area contributed by atoms with Gasteiger partial charge in [-0.25, -0.2) is 15.0 Å². The molecule has 0 aliphatic carbocycles. The van der Waals surface area contributed by atoms with Crippen molar-refractivity contribution >= 4 is 17.7 Å². The predicted molar refractivity (Wildman–Crippen MR) is 273 cm³/mol. The molecule has 0 aliphatic heterocycles. The molecule has 0 spiro atoms. The van der Waals surface area contributed by atoms with Crippen LogP contribution in [0, 0.1) is 84.0 Å². The van der Waals surface area contributed by atoms with Crippen LogP contribution < -0.4 is 17.2 Å². The Labute approximate surface area is 420 Å². The van der Waals surface area contributed by atoms with Crippen molar-refractivity contribution in [3.63, 3.8) is 0 Å². The molecule has 0 radical (unpaired) electrons. The topological polar surface area (TPSA) is 260 Å². The van der Waals surface area contributed by atoms with Crippen molar-refractivity contribution < 1.29 is 14.4 Å². The molecule has 9 rings (SSSR count). The molecule has 18 heteroatoms. The molecule has 0 saturated heterocycles. The van der Waals surface area contributed by atoms with Gasteiger partial charge in [-0.2, -0.15) is 0 Å². The first kappa shape index (κ1) is 50.5. The summed E-state index contributed by atoms with van der Waals surface area (Å²) in [6.45, 7) is 13.1. The lowest BCUT2D eigenvalue weighted by molar-refractivity contribution is 0.0980. The Morgan fingerprint density at radius 1 is 0.397 bits per heavy atom. The fraction of sp³-hybridized carbons (Fsp3) is 0.127. The van der Waals surface area contributed by atoms with Crippen molar-refractivity contribution in [3.05, 3.63) is 213 Å². The average molecular weight is 966 g/mol. The van der Waals surface area contributed by atoms with Gasteiger partial charge in [-0.15, -0.1) is 0 Å². The zero-order valence-corrected chi connectivity index (χ0v) is 40.9. The van der Waals surface area contributed by atoms with Gasteiger partial charge in [-0.3, -0.25) is 58.0 Å². The molecule has 0 unspecified atom stereocenters. The minimum atomic E-state index is -0.617. The summed E-state index contributed by atoms with van der Waals surface area (Å²) in [5.41, 5.74) is 28.2. The smallest absolute Gasteiger partial charge is 0.285 e. The molecule has 360 valence electrons. The average Bonchev–Trinajstić information content (AvgIpc) is 4.03. The monoisotopic (exact) mass is 965 g/mol. The summed E-state index contributed by atoms with van der Waals surface area (Å²) in [4.78, 5) is 73.1. The molecule has 73 heavy (non-hydrogen) atoms. The molecule has 9 aromatic heterocycles. The first-order valence-corrected chi connectivity index (χ1v) is 22.3. The van der Waals surface area contributed by atoms with Gasteiger partial charge in [-0.1, -0.05) is 17.8 Å². The third-order valence-electron chi connectivity index (χ3n) is 10.7. The van der Waals surface area contributed by atoms with E-state index < -0.39 is 17.7 Å². The van der Waals surface area contributed by atoms with Crippen LogP contribution in [0.2, 0.25) is 0 Å². The van der Waals surface area contributed by atoms with Crippen LogP contribution in [0.3, 0.4) is 0 Å². The molecule has 0 atom stereocenters. The zero-order valence-electron chi connectivity index (χ0n) is 40.9. The molecule has 18 nitrogen and oxygen atoms in total. The van der Waals surface area contributed by atoms with Crippen LogP contribution in [0.15, 0.2) is 122 Å². The summed E-state index contributed by atoms with van der Waals surface area (Å²) in [5.74, 6) is 16.6. The van der Waals surface area contributed by atoms with Crippen LogP contribution >= 0.6 is 0 Å². The second kappa shape index (κ2) is 22.8. The standard InChI is InChI=1S/C19H17N5O.2C18H15N5O/c1-12-4-6-16(11-22-12)24-14(3)17(23-19(24)18(20)25)7-5-15-8-9-21-13(2)10-15;1-12-3-5-15(11-21-12)23-13(2)16(22-18(23)17(19)24)6-4-14-7-9-20-10-8-14;1-12-5-7-15(11-21-12)23-13(2)16(22-18(23)17(19)24)8-6-14-4-3-9-20-10-14/h4,6,8-11H,1-3H3,(H2,20,25);3,5,7-11H,1-2H3,(H2,19,24);3-5,7,9-11H,1-2H3,(H2,19,24). The highest BCUT2D eigenvalue weighted by Gasteiger charge is 2.21. The number of primary amides is 3. The highest BCUT2D eigenvalue weighted by Crippen LogP contribution is 2.20. The Morgan fingerprint density at radius 2 is 0.795 bits per heavy atom. The quantitative estimate of drug-likeness (QED) is 0.171. The van der Waals surface area contributed by atoms with Gasteiger partial charge < -0.3 is 17.2 Å². The summed E-state index contributed by atoms with van der Waals surface area (Å²) in [7, 11) is 0. The molecule has 9 aromatic rings. The fourth-order valence-electron chi connectivity index (χ4n) is 6.97. The van der Waals surface area contributed by atoms with Gasteiger partial charge in [0, 0.05) is 70.5 Å². The van der Waals surface area contributed by atoms with Gasteiger partial charge in [0.25, 0.3) is 17.7 Å². The Hall–Kier alpha value is -10.4. The minimum absolute atomic E-state index is 0.133. The summed E-state index contributed by atoms with van der Waals surface area (Å²) < 4.78 is 5.02. The van der Waals surface area contributed by atoms with E-state index in [4.69, 9.17) is 17.2 Å². The first-order chi connectivity index (χ1) is 35.1. The molecule has 0 saturated carbocycles. The maximum Gasteiger partial charge on any atom is 0.285 e. The van der Waals surface area contributed by atoms with Crippen LogP contribution in [0.5, 0.6) is 0 Å². The van der Waals surface area contributed by atoms with Crippen molar-refractivity contribution in [2.75, 3.05) is 0 Å². The maximum atomic E-state index is 11.8. The van der Waals surface area contributed by atoms with Crippen LogP contribution in [0.25, 0.3) is 17.1 Å². The second-order valence-electron chi connectivity index (χ2n) is 16.1. The summed E-state index contributed by atoms with van der Waals surface area (Å²) >= 11 is 0. The fourth-order valence-corrected chi connectivity index (χ4v) is 6.97. The lowest BCUT2D eigenvalue weighted by Crippen LogP contribution is -2.18. The number of amides is 3. The number of imidazole rings is 3. The number of pyridine rings is 6. The molecule has 0 bridgehead atoms. The lowest BCUT2D eigenvalue weighted by atomic mass is 10.2. The SMILES string of the molecule is Cc1ccc(-n2c(C(N)=O)nc(C#Cc3cccnc3)c2C)cn1.Cc1ccc(-n2c(C(N)=O)nc(C#Cc3ccnc(C)c3)c2C)cn1.Cc1ccc(-n2c(C(N)=O)nc(C#Cc3ccncc3)c2C)cn1. The molecule has 3 amide bonds. The van der Waals surface area contributed by atoms with E-state index in [1.54, 1.807) is 75.4 Å². The van der Waals surface area contributed by atoms with E-state index in [1.165, 1.54) is 0 Å². The number of aromatic nitrogens is 12. The van der Waals surface area contributed by atoms with Gasteiger partial charge in [0.05, 0.1) is 52.7 Å². The summed E-state index contributed by atoms with van der Waals surface area (Å²) in [5, 5.41) is 0. The van der Waals surface area contributed by atoms with Crippen molar-refractivity contribution in [2.24, 2.45) is 17.2 Å². The van der Waals surface area contributed by atoms with E-state index in [2.05, 4.69) is 80.4 Å². The number of rotatable bonds is 6. The van der Waals surface area contributed by atoms with Crippen molar-refractivity contribution in [1.82, 2.24) is 58.6 Å². The molecule has 0 aliphatic rings. The van der Waals surface area contributed by atoms with Gasteiger partial charge in [0.1, 0.15) is 17.1 Å². The lowest BCUT2D eigenvalue weighted by Gasteiger charge is -2.07. The zero-order chi connectivity index (χ0) is 52.2. The maximum absolute atomic E-state index is 11.8. The van der Waals surface area contributed by atoms with Crippen LogP contribution in [-0.2, 0) is 0 Å². The highest BCUT2D eigenvalue weighted by atomic mass is 16.2. The molecule has 9 heterocycles. The normalized spacial score (nSPS) is 10.1. The van der Waals surface area contributed by atoms with Crippen LogP contribution in [-0.4, -0.2) is 76.3 Å². The molecular weight excluding hydrogens is 919 g/mol.